The predicted octanol–water partition coefficient (Wildman–Crippen LogP) is 0.985. The first-order valence-electron chi connectivity index (χ1n) is 5.58. The Morgan fingerprint density at radius 2 is 2.06 bits per heavy atom. The highest BCUT2D eigenvalue weighted by molar-refractivity contribution is 5.49. The van der Waals surface area contributed by atoms with E-state index in [1.54, 1.807) is 12.1 Å². The Labute approximate surface area is 94.9 Å². The largest absolute Gasteiger partial charge is 0.394 e. The highest BCUT2D eigenvalue weighted by atomic mass is 19.1. The highest BCUT2D eigenvalue weighted by Crippen LogP contribution is 2.22. The van der Waals surface area contributed by atoms with E-state index in [0.717, 1.165) is 18.8 Å². The van der Waals surface area contributed by atoms with Gasteiger partial charge in [0, 0.05) is 24.8 Å². The number of piperazine rings is 1. The molecule has 88 valence electrons. The summed E-state index contributed by atoms with van der Waals surface area (Å²) in [5.41, 5.74) is 0.967. The fourth-order valence-corrected chi connectivity index (χ4v) is 2.25. The van der Waals surface area contributed by atoms with Crippen molar-refractivity contribution in [2.75, 3.05) is 24.6 Å². The predicted molar refractivity (Wildman–Crippen MR) is 62.1 cm³/mol. The topological polar surface area (TPSA) is 35.5 Å². The molecule has 0 amide bonds. The summed E-state index contributed by atoms with van der Waals surface area (Å²) < 4.78 is 12.8. The van der Waals surface area contributed by atoms with Crippen molar-refractivity contribution in [2.45, 2.75) is 19.0 Å². The summed E-state index contributed by atoms with van der Waals surface area (Å²) in [5.74, 6) is -0.230. The third-order valence-electron chi connectivity index (χ3n) is 3.02. The number of rotatable bonds is 2. The summed E-state index contributed by atoms with van der Waals surface area (Å²) in [4.78, 5) is 2.15. The fraction of sp³-hybridized carbons (Fsp3) is 0.500. The smallest absolute Gasteiger partial charge is 0.123 e. The molecule has 16 heavy (non-hydrogen) atoms. The zero-order valence-corrected chi connectivity index (χ0v) is 9.36. The molecule has 0 radical (unpaired) electrons. The van der Waals surface area contributed by atoms with Gasteiger partial charge in [0.2, 0.25) is 0 Å². The van der Waals surface area contributed by atoms with Gasteiger partial charge < -0.3 is 15.3 Å². The van der Waals surface area contributed by atoms with Gasteiger partial charge in [-0.1, -0.05) is 0 Å². The lowest BCUT2D eigenvalue weighted by Crippen LogP contribution is -2.57. The van der Waals surface area contributed by atoms with Crippen molar-refractivity contribution in [1.29, 1.82) is 0 Å². The summed E-state index contributed by atoms with van der Waals surface area (Å²) in [5, 5.41) is 12.6. The Balaban J connectivity index is 2.24. The molecular formula is C12H17FN2O. The molecule has 1 aliphatic heterocycles. The van der Waals surface area contributed by atoms with Crippen LogP contribution in [0.15, 0.2) is 24.3 Å². The monoisotopic (exact) mass is 224 g/mol. The molecule has 2 atom stereocenters. The first kappa shape index (κ1) is 11.4. The summed E-state index contributed by atoms with van der Waals surface area (Å²) in [6.07, 6.45) is 0. The molecule has 1 aromatic carbocycles. The van der Waals surface area contributed by atoms with Gasteiger partial charge in [0.15, 0.2) is 0 Å². The van der Waals surface area contributed by atoms with E-state index in [2.05, 4.69) is 17.1 Å². The van der Waals surface area contributed by atoms with Crippen molar-refractivity contribution in [3.05, 3.63) is 30.1 Å². The lowest BCUT2D eigenvalue weighted by atomic mass is 10.1. The van der Waals surface area contributed by atoms with Gasteiger partial charge in [0.25, 0.3) is 0 Å². The van der Waals surface area contributed by atoms with Gasteiger partial charge in [0.05, 0.1) is 12.6 Å². The van der Waals surface area contributed by atoms with Crippen LogP contribution >= 0.6 is 0 Å². The zero-order valence-electron chi connectivity index (χ0n) is 9.36. The van der Waals surface area contributed by atoms with Crippen LogP contribution in [-0.2, 0) is 0 Å². The number of halogens is 1. The Bertz CT molecular complexity index is 341. The molecule has 0 spiro atoms. The molecule has 2 N–H and O–H groups in total. The van der Waals surface area contributed by atoms with Crippen LogP contribution in [0.4, 0.5) is 10.1 Å². The molecular weight excluding hydrogens is 207 g/mol. The van der Waals surface area contributed by atoms with Crippen molar-refractivity contribution in [3.8, 4) is 0 Å². The van der Waals surface area contributed by atoms with E-state index in [1.807, 2.05) is 0 Å². The second kappa shape index (κ2) is 4.80. The van der Waals surface area contributed by atoms with Crippen LogP contribution in [0.25, 0.3) is 0 Å². The van der Waals surface area contributed by atoms with Gasteiger partial charge in [-0.15, -0.1) is 0 Å². The van der Waals surface area contributed by atoms with Gasteiger partial charge in [0.1, 0.15) is 5.82 Å². The van der Waals surface area contributed by atoms with Crippen LogP contribution in [0.2, 0.25) is 0 Å². The van der Waals surface area contributed by atoms with E-state index in [4.69, 9.17) is 0 Å². The maximum Gasteiger partial charge on any atom is 0.123 e. The molecule has 1 aromatic rings. The van der Waals surface area contributed by atoms with Gasteiger partial charge in [-0.25, -0.2) is 4.39 Å². The Hall–Kier alpha value is -1.13. The summed E-state index contributed by atoms with van der Waals surface area (Å²) >= 11 is 0. The molecule has 2 unspecified atom stereocenters. The van der Waals surface area contributed by atoms with Crippen LogP contribution in [0.1, 0.15) is 6.92 Å². The van der Waals surface area contributed by atoms with Crippen molar-refractivity contribution < 1.29 is 9.50 Å². The minimum Gasteiger partial charge on any atom is -0.394 e. The van der Waals surface area contributed by atoms with E-state index in [0.29, 0.717) is 6.04 Å². The molecule has 1 fully saturated rings. The van der Waals surface area contributed by atoms with E-state index in [1.165, 1.54) is 12.1 Å². The first-order chi connectivity index (χ1) is 7.72. The minimum absolute atomic E-state index is 0.0641. The number of hydrogen-bond acceptors (Lipinski definition) is 3. The van der Waals surface area contributed by atoms with Crippen molar-refractivity contribution in [1.82, 2.24) is 5.32 Å². The standard InChI is InChI=1S/C12H17FN2O/c1-9-6-14-7-12(8-16)15(9)11-4-2-10(13)3-5-11/h2-5,9,12,14,16H,6-8H2,1H3. The summed E-state index contributed by atoms with van der Waals surface area (Å²) in [6.45, 7) is 3.85. The average molecular weight is 224 g/mol. The molecule has 0 saturated carbocycles. The van der Waals surface area contributed by atoms with Crippen LogP contribution < -0.4 is 10.2 Å². The van der Waals surface area contributed by atoms with Crippen LogP contribution in [0.3, 0.4) is 0 Å². The maximum atomic E-state index is 12.8. The second-order valence-electron chi connectivity index (χ2n) is 4.23. The molecule has 3 nitrogen and oxygen atoms in total. The highest BCUT2D eigenvalue weighted by Gasteiger charge is 2.27. The van der Waals surface area contributed by atoms with Crippen LogP contribution in [0, 0.1) is 5.82 Å². The first-order valence-corrected chi connectivity index (χ1v) is 5.58. The second-order valence-corrected chi connectivity index (χ2v) is 4.23. The Morgan fingerprint density at radius 1 is 1.38 bits per heavy atom. The lowest BCUT2D eigenvalue weighted by Gasteiger charge is -2.42. The number of benzene rings is 1. The molecule has 1 aliphatic rings. The number of nitrogens with zero attached hydrogens (tertiary/aromatic N) is 1. The number of aliphatic hydroxyl groups is 1. The van der Waals surface area contributed by atoms with E-state index < -0.39 is 0 Å². The maximum absolute atomic E-state index is 12.8. The molecule has 4 heteroatoms. The average Bonchev–Trinajstić information content (AvgIpc) is 2.30. The van der Waals surface area contributed by atoms with Gasteiger partial charge in [-0.3, -0.25) is 0 Å². The minimum atomic E-state index is -0.230. The lowest BCUT2D eigenvalue weighted by molar-refractivity contribution is 0.235. The van der Waals surface area contributed by atoms with Crippen molar-refractivity contribution in [2.24, 2.45) is 0 Å². The molecule has 0 aromatic heterocycles. The quantitative estimate of drug-likeness (QED) is 0.786. The normalized spacial score (nSPS) is 25.8. The molecule has 1 heterocycles. The van der Waals surface area contributed by atoms with Gasteiger partial charge in [-0.05, 0) is 31.2 Å². The molecule has 0 aliphatic carbocycles. The number of hydrogen-bond donors (Lipinski definition) is 2. The SMILES string of the molecule is CC1CNCC(CO)N1c1ccc(F)cc1. The third kappa shape index (κ3) is 2.18. The van der Waals surface area contributed by atoms with E-state index >= 15 is 0 Å². The molecule has 1 saturated heterocycles. The Morgan fingerprint density at radius 3 is 2.69 bits per heavy atom. The summed E-state index contributed by atoms with van der Waals surface area (Å²) in [7, 11) is 0. The third-order valence-corrected chi connectivity index (χ3v) is 3.02. The number of nitrogens with one attached hydrogen (secondary N) is 1. The Kier molecular flexibility index (Phi) is 3.41. The number of aliphatic hydroxyl groups excluding tert-OH is 1. The van der Waals surface area contributed by atoms with Gasteiger partial charge in [-0.2, -0.15) is 0 Å². The molecule has 2 rings (SSSR count). The summed E-state index contributed by atoms with van der Waals surface area (Å²) in [6, 6.07) is 6.81. The van der Waals surface area contributed by atoms with E-state index in [9.17, 15) is 9.50 Å². The van der Waals surface area contributed by atoms with E-state index in [-0.39, 0.29) is 18.5 Å². The number of anilines is 1. The molecule has 0 bridgehead atoms. The zero-order chi connectivity index (χ0) is 11.5. The van der Waals surface area contributed by atoms with Crippen molar-refractivity contribution in [3.63, 3.8) is 0 Å². The van der Waals surface area contributed by atoms with Crippen molar-refractivity contribution >= 4 is 5.69 Å². The van der Waals surface area contributed by atoms with Crippen LogP contribution in [-0.4, -0.2) is 36.9 Å². The van der Waals surface area contributed by atoms with Gasteiger partial charge >= 0.3 is 0 Å². The fourth-order valence-electron chi connectivity index (χ4n) is 2.25. The van der Waals surface area contributed by atoms with Crippen LogP contribution in [0.5, 0.6) is 0 Å².